The molecule has 0 atom stereocenters. The average Bonchev–Trinajstić information content (AvgIpc) is 3.03. The lowest BCUT2D eigenvalue weighted by atomic mass is 10.2. The molecule has 0 aliphatic carbocycles. The van der Waals surface area contributed by atoms with Crippen LogP contribution in [0.15, 0.2) is 41.3 Å². The van der Waals surface area contributed by atoms with E-state index in [-0.39, 0.29) is 12.5 Å². The standard InChI is InChI=1S/C20H18ClNO5S2/c1-24-13-3-5-14(6-4-13)26-7-8-27-18-15(21)9-12(10-16(18)25-2)11-17-19(23)22-20(28)29-17/h3-6,9-11H,7-8H2,1-2H3,(H,22,23,28)/b17-11-. The fourth-order valence-electron chi connectivity index (χ4n) is 2.51. The molecule has 29 heavy (non-hydrogen) atoms. The van der Waals surface area contributed by atoms with Crippen LogP contribution in [0.3, 0.4) is 0 Å². The van der Waals surface area contributed by atoms with Crippen molar-refractivity contribution >= 4 is 51.9 Å². The lowest BCUT2D eigenvalue weighted by Crippen LogP contribution is -2.17. The molecule has 1 amide bonds. The van der Waals surface area contributed by atoms with E-state index in [4.69, 9.17) is 42.8 Å². The molecule has 1 fully saturated rings. The maximum Gasteiger partial charge on any atom is 0.263 e. The molecule has 0 aromatic heterocycles. The van der Waals surface area contributed by atoms with Gasteiger partial charge in [-0.25, -0.2) is 0 Å². The summed E-state index contributed by atoms with van der Waals surface area (Å²) in [5.41, 5.74) is 0.705. The Balaban J connectivity index is 1.64. The quantitative estimate of drug-likeness (QED) is 0.364. The minimum atomic E-state index is -0.230. The minimum absolute atomic E-state index is 0.230. The molecule has 0 radical (unpaired) electrons. The zero-order chi connectivity index (χ0) is 20.8. The van der Waals surface area contributed by atoms with Crippen LogP contribution >= 0.6 is 35.6 Å². The molecule has 2 aromatic carbocycles. The van der Waals surface area contributed by atoms with Gasteiger partial charge in [-0.15, -0.1) is 0 Å². The van der Waals surface area contributed by atoms with Crippen LogP contribution in [-0.2, 0) is 4.79 Å². The lowest BCUT2D eigenvalue weighted by molar-refractivity contribution is -0.115. The predicted octanol–water partition coefficient (Wildman–Crippen LogP) is 4.30. The SMILES string of the molecule is COc1ccc(OCCOc2c(Cl)cc(/C=C3\SC(=S)NC3=O)cc2OC)cc1. The van der Waals surface area contributed by atoms with Gasteiger partial charge in [0.2, 0.25) is 0 Å². The van der Waals surface area contributed by atoms with E-state index in [1.807, 2.05) is 24.3 Å². The first-order chi connectivity index (χ1) is 14.0. The zero-order valence-corrected chi connectivity index (χ0v) is 18.1. The third-order valence-corrected chi connectivity index (χ3v) is 5.29. The maximum atomic E-state index is 11.8. The number of benzene rings is 2. The molecule has 3 rings (SSSR count). The molecule has 0 saturated carbocycles. The summed E-state index contributed by atoms with van der Waals surface area (Å²) in [6.07, 6.45) is 1.70. The number of ether oxygens (including phenoxy) is 4. The van der Waals surface area contributed by atoms with E-state index in [1.54, 1.807) is 25.3 Å². The van der Waals surface area contributed by atoms with Gasteiger partial charge in [0.15, 0.2) is 11.5 Å². The number of halogens is 1. The van der Waals surface area contributed by atoms with Crippen molar-refractivity contribution in [3.63, 3.8) is 0 Å². The highest BCUT2D eigenvalue weighted by Crippen LogP contribution is 2.38. The second-order valence-corrected chi connectivity index (χ2v) is 7.88. The number of methoxy groups -OCH3 is 2. The monoisotopic (exact) mass is 451 g/mol. The molecular weight excluding hydrogens is 434 g/mol. The normalized spacial score (nSPS) is 14.7. The average molecular weight is 452 g/mol. The van der Waals surface area contributed by atoms with Crippen molar-refractivity contribution in [2.75, 3.05) is 27.4 Å². The molecule has 0 unspecified atom stereocenters. The summed E-state index contributed by atoms with van der Waals surface area (Å²) < 4.78 is 22.3. The molecular formula is C20H18ClNO5S2. The van der Waals surface area contributed by atoms with Crippen molar-refractivity contribution in [2.24, 2.45) is 0 Å². The fourth-order valence-corrected chi connectivity index (χ4v) is 3.83. The first kappa shape index (κ1) is 21.3. The molecule has 1 aliphatic rings. The van der Waals surface area contributed by atoms with Gasteiger partial charge in [-0.1, -0.05) is 35.6 Å². The third-order valence-electron chi connectivity index (χ3n) is 3.85. The van der Waals surface area contributed by atoms with E-state index in [9.17, 15) is 4.79 Å². The van der Waals surface area contributed by atoms with Gasteiger partial charge >= 0.3 is 0 Å². The van der Waals surface area contributed by atoms with Crippen LogP contribution in [0.25, 0.3) is 6.08 Å². The maximum absolute atomic E-state index is 11.8. The number of thioether (sulfide) groups is 1. The molecule has 2 aromatic rings. The minimum Gasteiger partial charge on any atom is -0.497 e. The van der Waals surface area contributed by atoms with Crippen LogP contribution in [0.4, 0.5) is 0 Å². The number of carbonyl (C=O) groups is 1. The van der Waals surface area contributed by atoms with Crippen LogP contribution in [0.5, 0.6) is 23.0 Å². The molecule has 9 heteroatoms. The van der Waals surface area contributed by atoms with Gasteiger partial charge in [-0.2, -0.15) is 0 Å². The lowest BCUT2D eigenvalue weighted by Gasteiger charge is -2.14. The Hall–Kier alpha value is -2.42. The largest absolute Gasteiger partial charge is 0.497 e. The second-order valence-electron chi connectivity index (χ2n) is 5.76. The van der Waals surface area contributed by atoms with Gasteiger partial charge < -0.3 is 24.3 Å². The number of thiocarbonyl (C=S) groups is 1. The van der Waals surface area contributed by atoms with E-state index in [2.05, 4.69) is 5.32 Å². The van der Waals surface area contributed by atoms with Crippen molar-refractivity contribution in [1.82, 2.24) is 5.32 Å². The highest BCUT2D eigenvalue weighted by molar-refractivity contribution is 8.26. The van der Waals surface area contributed by atoms with Gasteiger partial charge in [0, 0.05) is 0 Å². The summed E-state index contributed by atoms with van der Waals surface area (Å²) in [7, 11) is 3.13. The number of rotatable bonds is 8. The Morgan fingerprint density at radius 2 is 1.76 bits per heavy atom. The molecule has 0 bridgehead atoms. The van der Waals surface area contributed by atoms with Crippen molar-refractivity contribution in [3.8, 4) is 23.0 Å². The highest BCUT2D eigenvalue weighted by Gasteiger charge is 2.22. The predicted molar refractivity (Wildman–Crippen MR) is 118 cm³/mol. The Morgan fingerprint density at radius 1 is 1.07 bits per heavy atom. The Kier molecular flexibility index (Phi) is 7.24. The first-order valence-electron chi connectivity index (χ1n) is 8.52. The van der Waals surface area contributed by atoms with E-state index >= 15 is 0 Å². The molecule has 1 heterocycles. The molecule has 0 spiro atoms. The Labute approximate surface area is 183 Å². The van der Waals surface area contributed by atoms with Crippen molar-refractivity contribution in [2.45, 2.75) is 0 Å². The number of nitrogens with one attached hydrogen (secondary N) is 1. The van der Waals surface area contributed by atoms with Gasteiger partial charge in [0.1, 0.15) is 29.0 Å². The van der Waals surface area contributed by atoms with Crippen molar-refractivity contribution in [1.29, 1.82) is 0 Å². The topological polar surface area (TPSA) is 66.0 Å². The molecule has 6 nitrogen and oxygen atoms in total. The summed E-state index contributed by atoms with van der Waals surface area (Å²) in [5, 5.41) is 2.94. The van der Waals surface area contributed by atoms with E-state index in [0.29, 0.717) is 43.7 Å². The zero-order valence-electron chi connectivity index (χ0n) is 15.7. The summed E-state index contributed by atoms with van der Waals surface area (Å²) in [5.74, 6) is 2.11. The van der Waals surface area contributed by atoms with Crippen LogP contribution in [0, 0.1) is 0 Å². The van der Waals surface area contributed by atoms with E-state index in [0.717, 1.165) is 5.75 Å². The van der Waals surface area contributed by atoms with E-state index in [1.165, 1.54) is 18.9 Å². The third kappa shape index (κ3) is 5.56. The van der Waals surface area contributed by atoms with Crippen LogP contribution in [-0.4, -0.2) is 37.7 Å². The van der Waals surface area contributed by atoms with Crippen LogP contribution in [0.2, 0.25) is 5.02 Å². The molecule has 1 aliphatic heterocycles. The van der Waals surface area contributed by atoms with Gasteiger partial charge in [0.25, 0.3) is 5.91 Å². The summed E-state index contributed by atoms with van der Waals surface area (Å²) in [4.78, 5) is 12.3. The number of carbonyl (C=O) groups excluding carboxylic acids is 1. The number of hydrogen-bond donors (Lipinski definition) is 1. The van der Waals surface area contributed by atoms with Gasteiger partial charge in [-0.05, 0) is 48.0 Å². The molecule has 1 saturated heterocycles. The smallest absolute Gasteiger partial charge is 0.263 e. The molecule has 1 N–H and O–H groups in total. The van der Waals surface area contributed by atoms with Gasteiger partial charge in [0.05, 0.1) is 24.1 Å². The summed E-state index contributed by atoms with van der Waals surface area (Å²) >= 11 is 12.6. The Bertz CT molecular complexity index is 947. The van der Waals surface area contributed by atoms with Crippen molar-refractivity contribution in [3.05, 3.63) is 51.9 Å². The number of amides is 1. The van der Waals surface area contributed by atoms with Crippen LogP contribution < -0.4 is 24.3 Å². The second kappa shape index (κ2) is 9.87. The summed E-state index contributed by atoms with van der Waals surface area (Å²) in [6.45, 7) is 0.598. The molecule has 152 valence electrons. The van der Waals surface area contributed by atoms with Gasteiger partial charge in [-0.3, -0.25) is 4.79 Å². The van der Waals surface area contributed by atoms with Crippen LogP contribution in [0.1, 0.15) is 5.56 Å². The number of hydrogen-bond acceptors (Lipinski definition) is 7. The van der Waals surface area contributed by atoms with Crippen molar-refractivity contribution < 1.29 is 23.7 Å². The Morgan fingerprint density at radius 3 is 2.38 bits per heavy atom. The van der Waals surface area contributed by atoms with E-state index < -0.39 is 0 Å². The highest BCUT2D eigenvalue weighted by atomic mass is 35.5. The fraction of sp³-hybridized carbons (Fsp3) is 0.200. The first-order valence-corrected chi connectivity index (χ1v) is 10.1. The summed E-state index contributed by atoms with van der Waals surface area (Å²) in [6, 6.07) is 10.7.